The first-order valence-corrected chi connectivity index (χ1v) is 5.97. The first-order valence-electron chi connectivity index (χ1n) is 5.59. The Kier molecular flexibility index (Phi) is 2.28. The molecule has 0 radical (unpaired) electrons. The van der Waals surface area contributed by atoms with E-state index >= 15 is 0 Å². The van der Waals surface area contributed by atoms with Gasteiger partial charge in [0.15, 0.2) is 0 Å². The topological polar surface area (TPSA) is 41.1 Å². The summed E-state index contributed by atoms with van der Waals surface area (Å²) in [7, 11) is 0. The first-order chi connectivity index (χ1) is 7.74. The Labute approximate surface area is 99.2 Å². The molecular weight excluding hydrogens is 224 g/mol. The zero-order valence-corrected chi connectivity index (χ0v) is 9.55. The summed E-state index contributed by atoms with van der Waals surface area (Å²) in [6.07, 6.45) is 2.98. The number of carbonyl (C=O) groups is 1. The summed E-state index contributed by atoms with van der Waals surface area (Å²) in [5.41, 5.74) is 1.66. The van der Waals surface area contributed by atoms with E-state index in [1.807, 2.05) is 12.1 Å². The molecule has 3 rings (SSSR count). The van der Waals surface area contributed by atoms with Crippen molar-refractivity contribution >= 4 is 28.9 Å². The molecule has 84 valence electrons. The molecule has 1 atom stereocenters. The Morgan fingerprint density at radius 1 is 1.31 bits per heavy atom. The van der Waals surface area contributed by atoms with E-state index in [0.717, 1.165) is 11.4 Å². The quantitative estimate of drug-likeness (QED) is 0.787. The van der Waals surface area contributed by atoms with Crippen molar-refractivity contribution in [2.75, 3.05) is 10.6 Å². The lowest BCUT2D eigenvalue weighted by atomic mass is 10.1. The van der Waals surface area contributed by atoms with Gasteiger partial charge in [-0.25, -0.2) is 0 Å². The zero-order chi connectivity index (χ0) is 11.1. The molecule has 1 aromatic rings. The van der Waals surface area contributed by atoms with Crippen LogP contribution in [0.5, 0.6) is 0 Å². The van der Waals surface area contributed by atoms with Crippen molar-refractivity contribution in [1.29, 1.82) is 0 Å². The number of nitrogens with one attached hydrogen (secondary N) is 2. The molecule has 1 unspecified atom stereocenters. The van der Waals surface area contributed by atoms with E-state index in [4.69, 9.17) is 11.6 Å². The fourth-order valence-electron chi connectivity index (χ4n) is 2.20. The normalized spacial score (nSPS) is 24.1. The Hall–Kier alpha value is -1.22. The molecule has 16 heavy (non-hydrogen) atoms. The first kappa shape index (κ1) is 9.97. The zero-order valence-electron chi connectivity index (χ0n) is 8.79. The predicted octanol–water partition coefficient (Wildman–Crippen LogP) is 2.87. The molecule has 1 aromatic carbocycles. The van der Waals surface area contributed by atoms with E-state index in [9.17, 15) is 4.79 Å². The molecule has 1 aliphatic heterocycles. The van der Waals surface area contributed by atoms with Gasteiger partial charge in [0.05, 0.1) is 16.4 Å². The lowest BCUT2D eigenvalue weighted by molar-refractivity contribution is -0.116. The van der Waals surface area contributed by atoms with Gasteiger partial charge in [0, 0.05) is 12.5 Å². The van der Waals surface area contributed by atoms with Crippen LogP contribution in [0.1, 0.15) is 19.3 Å². The number of benzene rings is 1. The minimum Gasteiger partial charge on any atom is -0.380 e. The Balaban J connectivity index is 1.97. The number of anilines is 2. The summed E-state index contributed by atoms with van der Waals surface area (Å²) in [6, 6.07) is 5.91. The fraction of sp³-hybridized carbons (Fsp3) is 0.417. The SMILES string of the molecule is O=C1CC(C2CC2)Nc2cccc(Cl)c2N1. The summed E-state index contributed by atoms with van der Waals surface area (Å²) in [6.45, 7) is 0. The molecule has 1 saturated carbocycles. The summed E-state index contributed by atoms with van der Waals surface area (Å²) in [4.78, 5) is 11.7. The van der Waals surface area contributed by atoms with Gasteiger partial charge in [-0.1, -0.05) is 17.7 Å². The highest BCUT2D eigenvalue weighted by atomic mass is 35.5. The van der Waals surface area contributed by atoms with Crippen LogP contribution in [-0.4, -0.2) is 11.9 Å². The third-order valence-corrected chi connectivity index (χ3v) is 3.53. The third-order valence-electron chi connectivity index (χ3n) is 3.22. The van der Waals surface area contributed by atoms with Gasteiger partial charge in [0.1, 0.15) is 0 Å². The molecule has 1 heterocycles. The van der Waals surface area contributed by atoms with Gasteiger partial charge >= 0.3 is 0 Å². The second-order valence-electron chi connectivity index (χ2n) is 4.50. The molecule has 0 bridgehead atoms. The largest absolute Gasteiger partial charge is 0.380 e. The van der Waals surface area contributed by atoms with E-state index in [1.54, 1.807) is 6.07 Å². The van der Waals surface area contributed by atoms with Crippen LogP contribution in [0.2, 0.25) is 5.02 Å². The van der Waals surface area contributed by atoms with Crippen molar-refractivity contribution in [1.82, 2.24) is 0 Å². The number of rotatable bonds is 1. The summed E-state index contributed by atoms with van der Waals surface area (Å²) in [5.74, 6) is 0.701. The summed E-state index contributed by atoms with van der Waals surface area (Å²) < 4.78 is 0. The Morgan fingerprint density at radius 3 is 2.88 bits per heavy atom. The van der Waals surface area contributed by atoms with E-state index in [1.165, 1.54) is 12.8 Å². The van der Waals surface area contributed by atoms with Gasteiger partial charge < -0.3 is 10.6 Å². The van der Waals surface area contributed by atoms with E-state index < -0.39 is 0 Å². The number of amides is 1. The molecule has 3 nitrogen and oxygen atoms in total. The number of hydrogen-bond donors (Lipinski definition) is 2. The second-order valence-corrected chi connectivity index (χ2v) is 4.91. The highest BCUT2D eigenvalue weighted by Crippen LogP contribution is 2.40. The Bertz CT molecular complexity index is 443. The average molecular weight is 237 g/mol. The van der Waals surface area contributed by atoms with Crippen LogP contribution < -0.4 is 10.6 Å². The van der Waals surface area contributed by atoms with Crippen LogP contribution in [0, 0.1) is 5.92 Å². The Morgan fingerprint density at radius 2 is 2.12 bits per heavy atom. The smallest absolute Gasteiger partial charge is 0.226 e. The maximum Gasteiger partial charge on any atom is 0.226 e. The number of carbonyl (C=O) groups excluding carboxylic acids is 1. The number of hydrogen-bond acceptors (Lipinski definition) is 2. The molecular formula is C12H13ClN2O. The van der Waals surface area contributed by atoms with Crippen molar-refractivity contribution < 1.29 is 4.79 Å². The van der Waals surface area contributed by atoms with Gasteiger partial charge in [-0.2, -0.15) is 0 Å². The molecule has 2 N–H and O–H groups in total. The number of fused-ring (bicyclic) bond motifs is 1. The average Bonchev–Trinajstić information content (AvgIpc) is 3.03. The van der Waals surface area contributed by atoms with Crippen LogP contribution in [0.15, 0.2) is 18.2 Å². The minimum absolute atomic E-state index is 0.0521. The number of halogens is 1. The van der Waals surface area contributed by atoms with Crippen LogP contribution >= 0.6 is 11.6 Å². The predicted molar refractivity (Wildman–Crippen MR) is 64.8 cm³/mol. The highest BCUT2D eigenvalue weighted by molar-refractivity contribution is 6.34. The molecule has 4 heteroatoms. The summed E-state index contributed by atoms with van der Waals surface area (Å²) >= 11 is 6.07. The monoisotopic (exact) mass is 236 g/mol. The second kappa shape index (κ2) is 3.67. The molecule has 0 saturated heterocycles. The summed E-state index contributed by atoms with van der Waals surface area (Å²) in [5, 5.41) is 6.89. The minimum atomic E-state index is 0.0521. The number of para-hydroxylation sites is 1. The molecule has 0 aromatic heterocycles. The van der Waals surface area contributed by atoms with Crippen molar-refractivity contribution in [3.63, 3.8) is 0 Å². The molecule has 1 aliphatic carbocycles. The molecule has 1 fully saturated rings. The van der Waals surface area contributed by atoms with Crippen LogP contribution in [0.3, 0.4) is 0 Å². The van der Waals surface area contributed by atoms with E-state index in [0.29, 0.717) is 17.4 Å². The van der Waals surface area contributed by atoms with Crippen LogP contribution in [0.4, 0.5) is 11.4 Å². The maximum atomic E-state index is 11.7. The standard InChI is InChI=1S/C12H13ClN2O/c13-8-2-1-3-9-12(8)15-11(16)6-10(14-9)7-4-5-7/h1-3,7,10,14H,4-6H2,(H,15,16). The van der Waals surface area contributed by atoms with Gasteiger partial charge in [0.25, 0.3) is 0 Å². The highest BCUT2D eigenvalue weighted by Gasteiger charge is 2.34. The van der Waals surface area contributed by atoms with Crippen LogP contribution in [0.25, 0.3) is 0 Å². The molecule has 1 amide bonds. The van der Waals surface area contributed by atoms with Crippen molar-refractivity contribution in [2.45, 2.75) is 25.3 Å². The van der Waals surface area contributed by atoms with Crippen molar-refractivity contribution in [3.05, 3.63) is 23.2 Å². The maximum absolute atomic E-state index is 11.7. The molecule has 0 spiro atoms. The fourth-order valence-corrected chi connectivity index (χ4v) is 2.42. The van der Waals surface area contributed by atoms with Gasteiger partial charge in [-0.3, -0.25) is 4.79 Å². The lowest BCUT2D eigenvalue weighted by Crippen LogP contribution is -2.24. The van der Waals surface area contributed by atoms with Crippen molar-refractivity contribution in [3.8, 4) is 0 Å². The van der Waals surface area contributed by atoms with Gasteiger partial charge in [0.2, 0.25) is 5.91 Å². The third kappa shape index (κ3) is 1.76. The van der Waals surface area contributed by atoms with Crippen LogP contribution in [-0.2, 0) is 4.79 Å². The van der Waals surface area contributed by atoms with Crippen molar-refractivity contribution in [2.24, 2.45) is 5.92 Å². The van der Waals surface area contributed by atoms with Gasteiger partial charge in [-0.15, -0.1) is 0 Å². The molecule has 2 aliphatic rings. The van der Waals surface area contributed by atoms with E-state index in [2.05, 4.69) is 10.6 Å². The van der Waals surface area contributed by atoms with Gasteiger partial charge in [-0.05, 0) is 30.9 Å². The van der Waals surface area contributed by atoms with E-state index in [-0.39, 0.29) is 11.9 Å². The lowest BCUT2D eigenvalue weighted by Gasteiger charge is -2.15.